The van der Waals surface area contributed by atoms with Crippen molar-refractivity contribution in [1.82, 2.24) is 14.9 Å². The number of alkyl halides is 3. The Morgan fingerprint density at radius 3 is 2.71 bits per heavy atom. The maximum atomic E-state index is 13.1. The number of nitriles is 1. The molecule has 31 heavy (non-hydrogen) atoms. The highest BCUT2D eigenvalue weighted by Gasteiger charge is 2.53. The second-order valence-electron chi connectivity index (χ2n) is 7.75. The minimum absolute atomic E-state index is 0.000251. The molecule has 1 aliphatic heterocycles. The Bertz CT molecular complexity index is 1090. The van der Waals surface area contributed by atoms with E-state index in [1.807, 2.05) is 0 Å². The molecular formula is C20H18ClF3N6O. The lowest BCUT2D eigenvalue weighted by molar-refractivity contribution is -0.137. The summed E-state index contributed by atoms with van der Waals surface area (Å²) in [4.78, 5) is 22.7. The number of halogens is 4. The Morgan fingerprint density at radius 2 is 2.06 bits per heavy atom. The van der Waals surface area contributed by atoms with Gasteiger partial charge in [-0.25, -0.2) is 9.97 Å². The van der Waals surface area contributed by atoms with Gasteiger partial charge in [-0.05, 0) is 48.2 Å². The summed E-state index contributed by atoms with van der Waals surface area (Å²) >= 11 is 6.02. The van der Waals surface area contributed by atoms with Crippen LogP contribution in [-0.2, 0) is 30.5 Å². The molecule has 3 N–H and O–H groups in total. The summed E-state index contributed by atoms with van der Waals surface area (Å²) in [6.45, 7) is 0.623. The maximum Gasteiger partial charge on any atom is 0.416 e. The molecule has 11 heteroatoms. The number of aromatic nitrogens is 2. The number of carbonyl (C=O) groups excluding carboxylic acids is 1. The van der Waals surface area contributed by atoms with Gasteiger partial charge in [-0.3, -0.25) is 4.79 Å². The van der Waals surface area contributed by atoms with Crippen LogP contribution < -0.4 is 11.1 Å². The van der Waals surface area contributed by atoms with Crippen LogP contribution in [0.4, 0.5) is 24.7 Å². The molecule has 4 rings (SSSR count). The van der Waals surface area contributed by atoms with E-state index in [1.54, 1.807) is 4.90 Å². The third-order valence-electron chi connectivity index (χ3n) is 5.50. The molecule has 2 heterocycles. The van der Waals surface area contributed by atoms with Gasteiger partial charge in [0.05, 0.1) is 23.9 Å². The molecule has 2 aliphatic rings. The topological polar surface area (TPSA) is 108 Å². The van der Waals surface area contributed by atoms with Gasteiger partial charge in [0.1, 0.15) is 11.2 Å². The Kier molecular flexibility index (Phi) is 5.17. The van der Waals surface area contributed by atoms with Crippen LogP contribution in [0.1, 0.15) is 35.2 Å². The lowest BCUT2D eigenvalue weighted by atomic mass is 10.0. The number of fused-ring (bicyclic) bond motifs is 1. The van der Waals surface area contributed by atoms with Crippen molar-refractivity contribution in [2.75, 3.05) is 17.6 Å². The van der Waals surface area contributed by atoms with Crippen molar-refractivity contribution in [2.45, 2.75) is 38.5 Å². The quantitative estimate of drug-likeness (QED) is 0.545. The number of nitrogens with zero attached hydrogens (tertiary/aromatic N) is 4. The summed E-state index contributed by atoms with van der Waals surface area (Å²) in [5.74, 6) is 0.123. The lowest BCUT2D eigenvalue weighted by Gasteiger charge is -2.30. The van der Waals surface area contributed by atoms with Crippen molar-refractivity contribution < 1.29 is 18.0 Å². The normalized spacial score (nSPS) is 16.9. The number of anilines is 2. The predicted octanol–water partition coefficient (Wildman–Crippen LogP) is 3.53. The molecule has 7 nitrogen and oxygen atoms in total. The monoisotopic (exact) mass is 450 g/mol. The SMILES string of the molecule is N#CC1(C(=O)N2CCc3nc(Cl)nc(NCc4cc(N)cc(C(F)(F)F)c4)c3C2)CC1. The largest absolute Gasteiger partial charge is 0.416 e. The van der Waals surface area contributed by atoms with Crippen LogP contribution in [0.3, 0.4) is 0 Å². The molecule has 0 saturated heterocycles. The average molecular weight is 451 g/mol. The van der Waals surface area contributed by atoms with Gasteiger partial charge in [0, 0.05) is 30.8 Å². The molecule has 0 spiro atoms. The zero-order valence-corrected chi connectivity index (χ0v) is 17.0. The van der Waals surface area contributed by atoms with Crippen LogP contribution in [0.25, 0.3) is 0 Å². The summed E-state index contributed by atoms with van der Waals surface area (Å²) in [5.41, 5.74) is 5.47. The summed E-state index contributed by atoms with van der Waals surface area (Å²) in [6, 6.07) is 5.43. The maximum absolute atomic E-state index is 13.1. The molecule has 0 unspecified atom stereocenters. The Labute approximate surface area is 181 Å². The van der Waals surface area contributed by atoms with Gasteiger partial charge < -0.3 is 16.0 Å². The zero-order chi connectivity index (χ0) is 22.4. The molecule has 1 aromatic heterocycles. The van der Waals surface area contributed by atoms with E-state index in [4.69, 9.17) is 17.3 Å². The third-order valence-corrected chi connectivity index (χ3v) is 5.67. The smallest absolute Gasteiger partial charge is 0.399 e. The second-order valence-corrected chi connectivity index (χ2v) is 8.09. The summed E-state index contributed by atoms with van der Waals surface area (Å²) in [6.07, 6.45) is -2.98. The van der Waals surface area contributed by atoms with E-state index in [-0.39, 0.29) is 30.0 Å². The van der Waals surface area contributed by atoms with Crippen molar-refractivity contribution in [3.05, 3.63) is 45.9 Å². The number of hydrogen-bond donors (Lipinski definition) is 2. The first-order valence-electron chi connectivity index (χ1n) is 9.58. The summed E-state index contributed by atoms with van der Waals surface area (Å²) < 4.78 is 39.2. The number of benzene rings is 1. The molecule has 162 valence electrons. The standard InChI is InChI=1S/C20H18ClF3N6O/c21-18-28-15-1-4-30(17(31)19(10-25)2-3-19)9-14(15)16(29-18)27-8-11-5-12(20(22,23)24)7-13(26)6-11/h5-7H,1-4,8-9,26H2,(H,27,28,29). The fraction of sp³-hybridized carbons (Fsp3) is 0.400. The Balaban J connectivity index is 1.57. The Hall–Kier alpha value is -3.06. The van der Waals surface area contributed by atoms with Crippen LogP contribution in [-0.4, -0.2) is 27.3 Å². The van der Waals surface area contributed by atoms with Crippen LogP contribution in [0.15, 0.2) is 18.2 Å². The van der Waals surface area contributed by atoms with Crippen molar-refractivity contribution in [2.24, 2.45) is 5.41 Å². The van der Waals surface area contributed by atoms with E-state index in [2.05, 4.69) is 21.4 Å². The zero-order valence-electron chi connectivity index (χ0n) is 16.3. The first kappa shape index (κ1) is 21.2. The van der Waals surface area contributed by atoms with Crippen molar-refractivity contribution in [3.8, 4) is 6.07 Å². The van der Waals surface area contributed by atoms with E-state index in [0.29, 0.717) is 48.4 Å². The fourth-order valence-electron chi connectivity index (χ4n) is 3.67. The first-order valence-corrected chi connectivity index (χ1v) is 9.95. The van der Waals surface area contributed by atoms with Crippen molar-refractivity contribution >= 4 is 29.0 Å². The molecule has 1 aliphatic carbocycles. The molecule has 1 aromatic carbocycles. The fourth-order valence-corrected chi connectivity index (χ4v) is 3.86. The number of amides is 1. The van der Waals surface area contributed by atoms with Crippen LogP contribution in [0.5, 0.6) is 0 Å². The number of nitrogens with two attached hydrogens (primary N) is 1. The van der Waals surface area contributed by atoms with Crippen LogP contribution in [0, 0.1) is 16.7 Å². The molecule has 1 fully saturated rings. The van der Waals surface area contributed by atoms with E-state index in [9.17, 15) is 23.2 Å². The van der Waals surface area contributed by atoms with Gasteiger partial charge in [-0.15, -0.1) is 0 Å². The van der Waals surface area contributed by atoms with Gasteiger partial charge >= 0.3 is 6.18 Å². The van der Waals surface area contributed by atoms with E-state index < -0.39 is 17.2 Å². The lowest BCUT2D eigenvalue weighted by Crippen LogP contribution is -2.41. The molecule has 1 amide bonds. The number of hydrogen-bond acceptors (Lipinski definition) is 6. The summed E-state index contributed by atoms with van der Waals surface area (Å²) in [5, 5.41) is 12.3. The van der Waals surface area contributed by atoms with Crippen molar-refractivity contribution in [1.29, 1.82) is 5.26 Å². The number of nitrogens with one attached hydrogen (secondary N) is 1. The van der Waals surface area contributed by atoms with Gasteiger partial charge in [0.2, 0.25) is 11.2 Å². The Morgan fingerprint density at radius 1 is 1.32 bits per heavy atom. The van der Waals surface area contributed by atoms with Crippen LogP contribution >= 0.6 is 11.6 Å². The highest BCUT2D eigenvalue weighted by molar-refractivity contribution is 6.28. The minimum atomic E-state index is -4.51. The highest BCUT2D eigenvalue weighted by Crippen LogP contribution is 2.47. The second kappa shape index (κ2) is 7.57. The molecular weight excluding hydrogens is 433 g/mol. The minimum Gasteiger partial charge on any atom is -0.399 e. The highest BCUT2D eigenvalue weighted by atomic mass is 35.5. The molecule has 0 radical (unpaired) electrons. The molecule has 2 aromatic rings. The number of nitrogen functional groups attached to an aromatic ring is 1. The van der Waals surface area contributed by atoms with Gasteiger partial charge in [0.25, 0.3) is 0 Å². The van der Waals surface area contributed by atoms with Gasteiger partial charge in [0.15, 0.2) is 0 Å². The predicted molar refractivity (Wildman–Crippen MR) is 107 cm³/mol. The van der Waals surface area contributed by atoms with Crippen LogP contribution in [0.2, 0.25) is 5.28 Å². The van der Waals surface area contributed by atoms with Crippen molar-refractivity contribution in [3.63, 3.8) is 0 Å². The number of carbonyl (C=O) groups is 1. The van der Waals surface area contributed by atoms with Gasteiger partial charge in [-0.2, -0.15) is 18.4 Å². The third kappa shape index (κ3) is 4.23. The molecule has 1 saturated carbocycles. The average Bonchev–Trinajstić information content (AvgIpc) is 3.51. The van der Waals surface area contributed by atoms with E-state index in [0.717, 1.165) is 12.1 Å². The number of rotatable bonds is 4. The van der Waals surface area contributed by atoms with E-state index >= 15 is 0 Å². The summed E-state index contributed by atoms with van der Waals surface area (Å²) in [7, 11) is 0. The molecule has 0 atom stereocenters. The van der Waals surface area contributed by atoms with E-state index in [1.165, 1.54) is 6.07 Å². The van der Waals surface area contributed by atoms with Gasteiger partial charge in [-0.1, -0.05) is 0 Å². The first-order chi connectivity index (χ1) is 14.6. The molecule has 0 bridgehead atoms.